The molecule has 0 bridgehead atoms. The summed E-state index contributed by atoms with van der Waals surface area (Å²) in [4.78, 5) is 31.3. The molecule has 0 radical (unpaired) electrons. The number of thiazole rings is 1. The monoisotopic (exact) mass is 397 g/mol. The standard InChI is InChI=1S/C20H19N3O4S/c1-26-13-12-23(19-21-14-6-2-5-9-17(14)28-19)18(24)10-11-22-15-7-3-4-8-16(15)27-20(22)25/h2-9H,10-13H2,1H3. The van der Waals surface area contributed by atoms with E-state index in [4.69, 9.17) is 9.15 Å². The van der Waals surface area contributed by atoms with Gasteiger partial charge in [-0.15, -0.1) is 0 Å². The summed E-state index contributed by atoms with van der Waals surface area (Å²) in [5.74, 6) is -0.578. The number of anilines is 1. The molecule has 8 heteroatoms. The number of hydrogen-bond donors (Lipinski definition) is 0. The van der Waals surface area contributed by atoms with E-state index in [9.17, 15) is 9.59 Å². The van der Waals surface area contributed by atoms with Crippen molar-refractivity contribution in [3.8, 4) is 0 Å². The van der Waals surface area contributed by atoms with Gasteiger partial charge in [0, 0.05) is 20.1 Å². The van der Waals surface area contributed by atoms with E-state index in [0.29, 0.717) is 29.4 Å². The number of rotatable bonds is 7. The summed E-state index contributed by atoms with van der Waals surface area (Å²) in [6, 6.07) is 15.0. The molecule has 0 unspecified atom stereocenters. The van der Waals surface area contributed by atoms with Crippen LogP contribution in [0.2, 0.25) is 0 Å². The van der Waals surface area contributed by atoms with Gasteiger partial charge in [-0.25, -0.2) is 9.78 Å². The fraction of sp³-hybridized carbons (Fsp3) is 0.250. The zero-order chi connectivity index (χ0) is 19.5. The molecule has 0 spiro atoms. The Bertz CT molecular complexity index is 1140. The van der Waals surface area contributed by atoms with Crippen LogP contribution in [0.5, 0.6) is 0 Å². The van der Waals surface area contributed by atoms with Gasteiger partial charge in [-0.1, -0.05) is 35.6 Å². The fourth-order valence-corrected chi connectivity index (χ4v) is 4.06. The second kappa shape index (κ2) is 7.95. The van der Waals surface area contributed by atoms with Gasteiger partial charge in [0.05, 0.1) is 28.9 Å². The van der Waals surface area contributed by atoms with E-state index in [1.54, 1.807) is 30.2 Å². The van der Waals surface area contributed by atoms with Gasteiger partial charge < -0.3 is 9.15 Å². The highest BCUT2D eigenvalue weighted by molar-refractivity contribution is 7.22. The number of ether oxygens (including phenoxy) is 1. The highest BCUT2D eigenvalue weighted by Crippen LogP contribution is 2.29. The summed E-state index contributed by atoms with van der Waals surface area (Å²) in [7, 11) is 1.60. The number of fused-ring (bicyclic) bond motifs is 2. The molecule has 0 saturated carbocycles. The van der Waals surface area contributed by atoms with Gasteiger partial charge in [-0.3, -0.25) is 14.3 Å². The number of amides is 1. The number of carbonyl (C=O) groups is 1. The van der Waals surface area contributed by atoms with E-state index in [1.807, 2.05) is 30.3 Å². The summed E-state index contributed by atoms with van der Waals surface area (Å²) < 4.78 is 12.9. The van der Waals surface area contributed by atoms with Gasteiger partial charge in [0.2, 0.25) is 5.91 Å². The van der Waals surface area contributed by atoms with Gasteiger partial charge in [0.1, 0.15) is 0 Å². The van der Waals surface area contributed by atoms with Crippen LogP contribution in [0.3, 0.4) is 0 Å². The third-order valence-corrected chi connectivity index (χ3v) is 5.52. The van der Waals surface area contributed by atoms with Crippen LogP contribution in [-0.4, -0.2) is 35.7 Å². The third-order valence-electron chi connectivity index (χ3n) is 4.46. The normalized spacial score (nSPS) is 11.3. The van der Waals surface area contributed by atoms with Crippen LogP contribution in [0.1, 0.15) is 6.42 Å². The zero-order valence-electron chi connectivity index (χ0n) is 15.3. The second-order valence-corrected chi connectivity index (χ2v) is 7.25. The lowest BCUT2D eigenvalue weighted by molar-refractivity contribution is -0.119. The van der Waals surface area contributed by atoms with E-state index in [-0.39, 0.29) is 18.9 Å². The van der Waals surface area contributed by atoms with Crippen LogP contribution < -0.4 is 10.7 Å². The molecule has 2 heterocycles. The molecule has 2 aromatic heterocycles. The lowest BCUT2D eigenvalue weighted by Crippen LogP contribution is -2.34. The molecular formula is C20H19N3O4S. The molecule has 2 aromatic carbocycles. The summed E-state index contributed by atoms with van der Waals surface area (Å²) >= 11 is 1.46. The largest absolute Gasteiger partial charge is 0.419 e. The summed E-state index contributed by atoms with van der Waals surface area (Å²) in [6.07, 6.45) is 0.156. The van der Waals surface area contributed by atoms with E-state index >= 15 is 0 Å². The molecule has 0 N–H and O–H groups in total. The fourth-order valence-electron chi connectivity index (χ4n) is 3.05. The minimum absolute atomic E-state index is 0.117. The molecule has 0 atom stereocenters. The minimum Gasteiger partial charge on any atom is -0.408 e. The van der Waals surface area contributed by atoms with Crippen molar-refractivity contribution in [3.63, 3.8) is 0 Å². The van der Waals surface area contributed by atoms with Gasteiger partial charge in [0.25, 0.3) is 0 Å². The Labute approximate surface area is 164 Å². The number of aryl methyl sites for hydroxylation is 1. The van der Waals surface area contributed by atoms with E-state index < -0.39 is 5.76 Å². The first kappa shape index (κ1) is 18.4. The van der Waals surface area contributed by atoms with Gasteiger partial charge in [-0.05, 0) is 24.3 Å². The summed E-state index contributed by atoms with van der Waals surface area (Å²) in [5, 5.41) is 0.632. The summed E-state index contributed by atoms with van der Waals surface area (Å²) in [5.41, 5.74) is 2.06. The Morgan fingerprint density at radius 2 is 2.00 bits per heavy atom. The molecule has 0 aliphatic heterocycles. The van der Waals surface area contributed by atoms with Crippen LogP contribution in [0.15, 0.2) is 57.7 Å². The Balaban J connectivity index is 1.57. The van der Waals surface area contributed by atoms with E-state index in [2.05, 4.69) is 4.98 Å². The molecule has 7 nitrogen and oxygen atoms in total. The first-order valence-corrected chi connectivity index (χ1v) is 9.72. The van der Waals surface area contributed by atoms with Crippen molar-refractivity contribution in [1.29, 1.82) is 0 Å². The van der Waals surface area contributed by atoms with E-state index in [1.165, 1.54) is 15.9 Å². The molecule has 0 aliphatic carbocycles. The first-order valence-electron chi connectivity index (χ1n) is 8.90. The number of para-hydroxylation sites is 3. The average molecular weight is 397 g/mol. The number of methoxy groups -OCH3 is 1. The maximum Gasteiger partial charge on any atom is 0.419 e. The van der Waals surface area contributed by atoms with Gasteiger partial charge in [0.15, 0.2) is 10.7 Å². The minimum atomic E-state index is -0.461. The van der Waals surface area contributed by atoms with Crippen LogP contribution in [-0.2, 0) is 16.1 Å². The lowest BCUT2D eigenvalue weighted by atomic mass is 10.3. The number of oxazole rings is 1. The highest BCUT2D eigenvalue weighted by atomic mass is 32.1. The van der Waals surface area contributed by atoms with Crippen LogP contribution in [0.25, 0.3) is 21.3 Å². The van der Waals surface area contributed by atoms with Crippen molar-refractivity contribution in [2.75, 3.05) is 25.2 Å². The molecule has 144 valence electrons. The quantitative estimate of drug-likeness (QED) is 0.478. The predicted octanol–water partition coefficient (Wildman–Crippen LogP) is 3.27. The maximum atomic E-state index is 13.0. The van der Waals surface area contributed by atoms with Crippen LogP contribution in [0, 0.1) is 0 Å². The third kappa shape index (κ3) is 3.56. The van der Waals surface area contributed by atoms with Crippen molar-refractivity contribution >= 4 is 43.7 Å². The van der Waals surface area contributed by atoms with Crippen molar-refractivity contribution in [3.05, 3.63) is 59.1 Å². The topological polar surface area (TPSA) is 77.6 Å². The van der Waals surface area contributed by atoms with Crippen LogP contribution >= 0.6 is 11.3 Å². The SMILES string of the molecule is COCCN(C(=O)CCn1c(=O)oc2ccccc21)c1nc2ccccc2s1. The smallest absolute Gasteiger partial charge is 0.408 e. The zero-order valence-corrected chi connectivity index (χ0v) is 16.1. The maximum absolute atomic E-state index is 13.0. The Kier molecular flexibility index (Phi) is 5.23. The molecule has 1 amide bonds. The first-order chi connectivity index (χ1) is 13.7. The molecule has 0 saturated heterocycles. The van der Waals surface area contributed by atoms with Crippen molar-refractivity contribution in [2.45, 2.75) is 13.0 Å². The van der Waals surface area contributed by atoms with Crippen LogP contribution in [0.4, 0.5) is 5.13 Å². The molecule has 4 aromatic rings. The Morgan fingerprint density at radius 1 is 1.21 bits per heavy atom. The highest BCUT2D eigenvalue weighted by Gasteiger charge is 2.20. The summed E-state index contributed by atoms with van der Waals surface area (Å²) in [6.45, 7) is 1.04. The van der Waals surface area contributed by atoms with Crippen molar-refractivity contribution in [1.82, 2.24) is 9.55 Å². The van der Waals surface area contributed by atoms with Crippen molar-refractivity contribution < 1.29 is 13.9 Å². The second-order valence-electron chi connectivity index (χ2n) is 6.24. The molecular weight excluding hydrogens is 378 g/mol. The molecule has 0 fully saturated rings. The number of hydrogen-bond acceptors (Lipinski definition) is 6. The average Bonchev–Trinajstić information content (AvgIpc) is 3.26. The molecule has 4 rings (SSSR count). The molecule has 28 heavy (non-hydrogen) atoms. The number of nitrogens with zero attached hydrogens (tertiary/aromatic N) is 3. The van der Waals surface area contributed by atoms with Gasteiger partial charge in [-0.2, -0.15) is 0 Å². The Morgan fingerprint density at radius 3 is 2.82 bits per heavy atom. The number of carbonyl (C=O) groups excluding carboxylic acids is 1. The van der Waals surface area contributed by atoms with Gasteiger partial charge >= 0.3 is 5.76 Å². The number of aromatic nitrogens is 2. The van der Waals surface area contributed by atoms with E-state index in [0.717, 1.165) is 10.2 Å². The molecule has 0 aliphatic rings. The van der Waals surface area contributed by atoms with Crippen molar-refractivity contribution in [2.24, 2.45) is 0 Å². The number of benzene rings is 2. The lowest BCUT2D eigenvalue weighted by Gasteiger charge is -2.19. The predicted molar refractivity (Wildman–Crippen MR) is 109 cm³/mol. The Hall–Kier alpha value is -2.97.